The second kappa shape index (κ2) is 7.27. The summed E-state index contributed by atoms with van der Waals surface area (Å²) in [6.07, 6.45) is 2.15. The summed E-state index contributed by atoms with van der Waals surface area (Å²) in [6.45, 7) is 0.353. The summed E-state index contributed by atoms with van der Waals surface area (Å²) in [6, 6.07) is 23.7. The molecule has 130 valence electrons. The van der Waals surface area contributed by atoms with Crippen molar-refractivity contribution in [1.82, 2.24) is 5.32 Å². The van der Waals surface area contributed by atoms with Gasteiger partial charge in [0, 0.05) is 6.42 Å². The molecule has 26 heavy (non-hydrogen) atoms. The lowest BCUT2D eigenvalue weighted by Gasteiger charge is -2.23. The first-order chi connectivity index (χ1) is 12.8. The number of para-hydroxylation sites is 1. The molecule has 1 amide bonds. The van der Waals surface area contributed by atoms with Gasteiger partial charge in [0.1, 0.15) is 11.5 Å². The van der Waals surface area contributed by atoms with Gasteiger partial charge in [-0.15, -0.1) is 0 Å². The van der Waals surface area contributed by atoms with Crippen LogP contribution < -0.4 is 10.3 Å². The number of hydrogen-bond acceptors (Lipinski definition) is 4. The van der Waals surface area contributed by atoms with Crippen LogP contribution in [0.1, 0.15) is 23.8 Å². The van der Waals surface area contributed by atoms with E-state index in [1.165, 1.54) is 0 Å². The molecule has 0 saturated heterocycles. The van der Waals surface area contributed by atoms with E-state index in [-0.39, 0.29) is 11.9 Å². The van der Waals surface area contributed by atoms with Gasteiger partial charge in [-0.2, -0.15) is 5.10 Å². The molecule has 0 saturated carbocycles. The highest BCUT2D eigenvalue weighted by atomic mass is 16.3. The highest BCUT2D eigenvalue weighted by molar-refractivity contribution is 6.39. The van der Waals surface area contributed by atoms with Gasteiger partial charge < -0.3 is 9.73 Å². The van der Waals surface area contributed by atoms with Crippen LogP contribution in [0.2, 0.25) is 0 Å². The molecule has 5 heteroatoms. The average molecular weight is 345 g/mol. The van der Waals surface area contributed by atoms with Crippen LogP contribution in [0.4, 0.5) is 5.69 Å². The molecule has 1 aliphatic heterocycles. The van der Waals surface area contributed by atoms with E-state index >= 15 is 0 Å². The number of carbonyl (C=O) groups is 1. The van der Waals surface area contributed by atoms with Gasteiger partial charge >= 0.3 is 0 Å². The summed E-state index contributed by atoms with van der Waals surface area (Å²) in [4.78, 5) is 12.6. The quantitative estimate of drug-likeness (QED) is 0.763. The zero-order valence-corrected chi connectivity index (χ0v) is 14.2. The van der Waals surface area contributed by atoms with Crippen molar-refractivity contribution < 1.29 is 9.21 Å². The first kappa shape index (κ1) is 16.1. The highest BCUT2D eigenvalue weighted by Crippen LogP contribution is 2.34. The fourth-order valence-corrected chi connectivity index (χ4v) is 3.08. The number of amides is 1. The molecule has 0 unspecified atom stereocenters. The Morgan fingerprint density at radius 3 is 2.46 bits per heavy atom. The smallest absolute Gasteiger partial charge is 0.267 e. The summed E-state index contributed by atoms with van der Waals surface area (Å²) in [7, 11) is 0. The lowest BCUT2D eigenvalue weighted by Crippen LogP contribution is -2.29. The number of anilines is 1. The highest BCUT2D eigenvalue weighted by Gasteiger charge is 2.32. The lowest BCUT2D eigenvalue weighted by molar-refractivity contribution is -0.115. The number of carbonyl (C=O) groups excluding carboxylic acids is 1. The van der Waals surface area contributed by atoms with E-state index in [4.69, 9.17) is 4.42 Å². The molecule has 1 aliphatic rings. The lowest BCUT2D eigenvalue weighted by atomic mass is 10.0. The normalized spacial score (nSPS) is 16.4. The van der Waals surface area contributed by atoms with Crippen molar-refractivity contribution in [3.05, 3.63) is 90.4 Å². The molecule has 1 aromatic heterocycles. The van der Waals surface area contributed by atoms with E-state index in [1.54, 1.807) is 12.3 Å². The summed E-state index contributed by atoms with van der Waals surface area (Å²) >= 11 is 0. The van der Waals surface area contributed by atoms with Gasteiger partial charge in [-0.3, -0.25) is 9.80 Å². The predicted molar refractivity (Wildman–Crippen MR) is 101 cm³/mol. The monoisotopic (exact) mass is 345 g/mol. The van der Waals surface area contributed by atoms with E-state index in [2.05, 4.69) is 22.6 Å². The van der Waals surface area contributed by atoms with Crippen LogP contribution >= 0.6 is 0 Å². The number of nitrogens with zero attached hydrogens (tertiary/aromatic N) is 2. The van der Waals surface area contributed by atoms with E-state index in [9.17, 15) is 4.79 Å². The summed E-state index contributed by atoms with van der Waals surface area (Å²) in [5, 5.41) is 9.43. The number of benzene rings is 2. The Bertz CT molecular complexity index is 890. The minimum absolute atomic E-state index is 0.00274. The minimum atomic E-state index is -0.166. The number of nitrogens with one attached hydrogen (secondary N) is 1. The second-order valence-corrected chi connectivity index (χ2v) is 6.12. The molecule has 3 aromatic rings. The number of hydrazone groups is 1. The SMILES string of the molecule is O=C(NCc1ccco1)C1=NN(c2ccccc2)[C@H](c2ccccc2)C1. The Morgan fingerprint density at radius 2 is 1.77 bits per heavy atom. The van der Waals surface area contributed by atoms with Crippen LogP contribution in [0.3, 0.4) is 0 Å². The predicted octanol–water partition coefficient (Wildman–Crippen LogP) is 3.90. The number of rotatable bonds is 5. The zero-order chi connectivity index (χ0) is 17.8. The van der Waals surface area contributed by atoms with Gasteiger partial charge in [-0.1, -0.05) is 48.5 Å². The Hall–Kier alpha value is -3.34. The second-order valence-electron chi connectivity index (χ2n) is 6.12. The third kappa shape index (κ3) is 3.37. The Labute approximate surface area is 151 Å². The average Bonchev–Trinajstić information content (AvgIpc) is 3.37. The molecule has 5 nitrogen and oxygen atoms in total. The summed E-state index contributed by atoms with van der Waals surface area (Å²) < 4.78 is 5.26. The minimum Gasteiger partial charge on any atom is -0.467 e. The van der Waals surface area contributed by atoms with Gasteiger partial charge in [0.05, 0.1) is 24.5 Å². The van der Waals surface area contributed by atoms with Gasteiger partial charge in [0.2, 0.25) is 0 Å². The molecule has 0 radical (unpaired) electrons. The van der Waals surface area contributed by atoms with Gasteiger partial charge in [0.25, 0.3) is 5.91 Å². The van der Waals surface area contributed by atoms with Gasteiger partial charge in [0.15, 0.2) is 0 Å². The van der Waals surface area contributed by atoms with Gasteiger partial charge in [-0.25, -0.2) is 0 Å². The number of furan rings is 1. The molecule has 2 heterocycles. The van der Waals surface area contributed by atoms with Crippen molar-refractivity contribution in [2.75, 3.05) is 5.01 Å². The van der Waals surface area contributed by atoms with Crippen LogP contribution in [-0.4, -0.2) is 11.6 Å². The maximum Gasteiger partial charge on any atom is 0.267 e. The maximum absolute atomic E-state index is 12.6. The first-order valence-corrected chi connectivity index (χ1v) is 8.58. The summed E-state index contributed by atoms with van der Waals surface area (Å²) in [5.41, 5.74) is 2.62. The van der Waals surface area contributed by atoms with Crippen molar-refractivity contribution in [3.8, 4) is 0 Å². The third-order valence-electron chi connectivity index (χ3n) is 4.38. The Balaban J connectivity index is 1.56. The molecule has 0 aliphatic carbocycles. The van der Waals surface area contributed by atoms with Crippen LogP contribution in [0.15, 0.2) is 88.6 Å². The maximum atomic E-state index is 12.6. The molecule has 4 rings (SSSR count). The first-order valence-electron chi connectivity index (χ1n) is 8.58. The fourth-order valence-electron chi connectivity index (χ4n) is 3.08. The standard InChI is InChI=1S/C21H19N3O2/c25-21(22-15-18-12-7-13-26-18)19-14-20(16-8-3-1-4-9-16)24(23-19)17-10-5-2-6-11-17/h1-13,20H,14-15H2,(H,22,25)/t20-/m0/s1. The largest absolute Gasteiger partial charge is 0.467 e. The molecule has 2 aromatic carbocycles. The van der Waals surface area contributed by atoms with Crippen LogP contribution in [0.5, 0.6) is 0 Å². The molecular weight excluding hydrogens is 326 g/mol. The molecule has 0 fully saturated rings. The van der Waals surface area contributed by atoms with Crippen molar-refractivity contribution >= 4 is 17.3 Å². The van der Waals surface area contributed by atoms with Gasteiger partial charge in [-0.05, 0) is 29.8 Å². The van der Waals surface area contributed by atoms with E-state index in [0.717, 1.165) is 17.0 Å². The number of hydrogen-bond donors (Lipinski definition) is 1. The molecule has 0 bridgehead atoms. The van der Waals surface area contributed by atoms with Crippen molar-refractivity contribution in [1.29, 1.82) is 0 Å². The van der Waals surface area contributed by atoms with E-state index in [0.29, 0.717) is 18.7 Å². The van der Waals surface area contributed by atoms with Crippen molar-refractivity contribution in [2.45, 2.75) is 19.0 Å². The van der Waals surface area contributed by atoms with E-state index < -0.39 is 0 Å². The fraction of sp³-hybridized carbons (Fsp3) is 0.143. The van der Waals surface area contributed by atoms with E-state index in [1.807, 2.05) is 59.6 Å². The molecular formula is C21H19N3O2. The third-order valence-corrected chi connectivity index (χ3v) is 4.38. The molecule has 1 N–H and O–H groups in total. The Morgan fingerprint density at radius 1 is 1.04 bits per heavy atom. The molecule has 1 atom stereocenters. The van der Waals surface area contributed by atoms with Crippen molar-refractivity contribution in [2.24, 2.45) is 5.10 Å². The molecule has 0 spiro atoms. The topological polar surface area (TPSA) is 57.8 Å². The summed E-state index contributed by atoms with van der Waals surface area (Å²) in [5.74, 6) is 0.553. The zero-order valence-electron chi connectivity index (χ0n) is 14.2. The van der Waals surface area contributed by atoms with Crippen LogP contribution in [0, 0.1) is 0 Å². The van der Waals surface area contributed by atoms with Crippen LogP contribution in [-0.2, 0) is 11.3 Å². The Kier molecular flexibility index (Phi) is 4.51. The van der Waals surface area contributed by atoms with Crippen molar-refractivity contribution in [3.63, 3.8) is 0 Å². The van der Waals surface area contributed by atoms with Crippen LogP contribution in [0.25, 0.3) is 0 Å².